The number of para-hydroxylation sites is 1. The Labute approximate surface area is 148 Å². The molecule has 5 nitrogen and oxygen atoms in total. The van der Waals surface area contributed by atoms with Crippen molar-refractivity contribution in [2.75, 3.05) is 20.8 Å². The van der Waals surface area contributed by atoms with E-state index in [9.17, 15) is 4.79 Å². The van der Waals surface area contributed by atoms with Gasteiger partial charge in [0.25, 0.3) is 0 Å². The Morgan fingerprint density at radius 2 is 2.16 bits per heavy atom. The molecule has 1 amide bonds. The Balaban J connectivity index is 1.55. The van der Waals surface area contributed by atoms with Crippen LogP contribution in [0.4, 0.5) is 0 Å². The van der Waals surface area contributed by atoms with Gasteiger partial charge in [0.05, 0.1) is 24.2 Å². The molecule has 0 bridgehead atoms. The van der Waals surface area contributed by atoms with Crippen LogP contribution in [0.1, 0.15) is 31.2 Å². The summed E-state index contributed by atoms with van der Waals surface area (Å²) in [6, 6.07) is 8.25. The van der Waals surface area contributed by atoms with Gasteiger partial charge in [0, 0.05) is 37.9 Å². The van der Waals surface area contributed by atoms with E-state index in [1.165, 1.54) is 0 Å². The minimum absolute atomic E-state index is 0.119. The van der Waals surface area contributed by atoms with E-state index in [1.807, 2.05) is 29.3 Å². The normalized spacial score (nSPS) is 29.1. The molecule has 2 heterocycles. The first-order valence-electron chi connectivity index (χ1n) is 9.09. The zero-order valence-electron chi connectivity index (χ0n) is 15.0. The molecule has 25 heavy (non-hydrogen) atoms. The fraction of sp³-hybridized carbons (Fsp3) is 0.550. The van der Waals surface area contributed by atoms with Crippen molar-refractivity contribution >= 4 is 16.8 Å². The highest BCUT2D eigenvalue weighted by Crippen LogP contribution is 2.43. The number of methoxy groups -OCH3 is 2. The smallest absolute Gasteiger partial charge is 0.227 e. The molecule has 0 radical (unpaired) electrons. The third-order valence-electron chi connectivity index (χ3n) is 6.21. The number of benzene rings is 1. The summed E-state index contributed by atoms with van der Waals surface area (Å²) in [5.41, 5.74) is 1.95. The largest absolute Gasteiger partial charge is 0.381 e. The number of hydrogen-bond donors (Lipinski definition) is 1. The van der Waals surface area contributed by atoms with Crippen molar-refractivity contribution in [1.29, 1.82) is 0 Å². The number of hydrogen-bond acceptors (Lipinski definition) is 3. The Hall–Kier alpha value is -1.85. The number of fused-ring (bicyclic) bond motifs is 2. The van der Waals surface area contributed by atoms with Gasteiger partial charge >= 0.3 is 0 Å². The first-order valence-corrected chi connectivity index (χ1v) is 9.09. The number of nitrogens with zero attached hydrogens (tertiary/aromatic N) is 1. The van der Waals surface area contributed by atoms with E-state index < -0.39 is 0 Å². The minimum atomic E-state index is -0.190. The molecular weight excluding hydrogens is 316 g/mol. The van der Waals surface area contributed by atoms with Crippen molar-refractivity contribution in [3.8, 4) is 0 Å². The van der Waals surface area contributed by atoms with Gasteiger partial charge in [-0.05, 0) is 37.3 Å². The molecule has 5 heteroatoms. The second-order valence-electron chi connectivity index (χ2n) is 7.29. The van der Waals surface area contributed by atoms with Crippen LogP contribution in [0.3, 0.4) is 0 Å². The van der Waals surface area contributed by atoms with Crippen molar-refractivity contribution < 1.29 is 14.3 Å². The highest BCUT2D eigenvalue weighted by atomic mass is 16.5. The summed E-state index contributed by atoms with van der Waals surface area (Å²) in [6.07, 6.45) is 6.36. The molecule has 134 valence electrons. The molecule has 3 atom stereocenters. The summed E-state index contributed by atoms with van der Waals surface area (Å²) in [7, 11) is 3.55. The highest BCUT2D eigenvalue weighted by molar-refractivity contribution is 5.89. The van der Waals surface area contributed by atoms with Crippen molar-refractivity contribution in [3.05, 3.63) is 36.0 Å². The quantitative estimate of drug-likeness (QED) is 0.929. The molecule has 1 saturated heterocycles. The zero-order chi connectivity index (χ0) is 17.4. The summed E-state index contributed by atoms with van der Waals surface area (Å²) in [4.78, 5) is 18.4. The summed E-state index contributed by atoms with van der Waals surface area (Å²) in [5, 5.41) is 1.13. The first-order chi connectivity index (χ1) is 12.2. The van der Waals surface area contributed by atoms with Crippen LogP contribution in [0, 0.1) is 0 Å². The molecule has 2 aliphatic rings. The van der Waals surface area contributed by atoms with Crippen LogP contribution in [-0.2, 0) is 20.7 Å². The molecule has 2 fully saturated rings. The number of aromatic amines is 1. The van der Waals surface area contributed by atoms with E-state index in [1.54, 1.807) is 14.2 Å². The number of amides is 1. The van der Waals surface area contributed by atoms with Gasteiger partial charge in [0.2, 0.25) is 5.91 Å². The van der Waals surface area contributed by atoms with Crippen LogP contribution in [0.15, 0.2) is 30.5 Å². The highest BCUT2D eigenvalue weighted by Gasteiger charge is 2.52. The van der Waals surface area contributed by atoms with Gasteiger partial charge < -0.3 is 19.4 Å². The fourth-order valence-electron chi connectivity index (χ4n) is 4.72. The second-order valence-corrected chi connectivity index (χ2v) is 7.29. The number of carbonyl (C=O) groups is 1. The third-order valence-corrected chi connectivity index (χ3v) is 6.21. The number of H-pyrrole nitrogens is 1. The number of nitrogens with one attached hydrogen (secondary N) is 1. The molecule has 0 spiro atoms. The van der Waals surface area contributed by atoms with Crippen LogP contribution in [0.5, 0.6) is 0 Å². The lowest BCUT2D eigenvalue weighted by atomic mass is 9.79. The molecule has 2 aromatic rings. The molecule has 0 unspecified atom stereocenters. The van der Waals surface area contributed by atoms with Crippen molar-refractivity contribution in [2.24, 2.45) is 0 Å². The lowest BCUT2D eigenvalue weighted by Gasteiger charge is -2.43. The average Bonchev–Trinajstić information content (AvgIpc) is 3.23. The number of ether oxygens (including phenoxy) is 2. The predicted molar refractivity (Wildman–Crippen MR) is 96.5 cm³/mol. The van der Waals surface area contributed by atoms with Crippen LogP contribution >= 0.6 is 0 Å². The Morgan fingerprint density at radius 3 is 2.96 bits per heavy atom. The lowest BCUT2D eigenvalue weighted by molar-refractivity contribution is -0.140. The van der Waals surface area contributed by atoms with E-state index in [4.69, 9.17) is 9.47 Å². The number of likely N-dealkylation sites (tertiary alicyclic amines) is 1. The molecular formula is C20H26N2O3. The van der Waals surface area contributed by atoms with Crippen molar-refractivity contribution in [1.82, 2.24) is 9.88 Å². The Morgan fingerprint density at radius 1 is 1.32 bits per heavy atom. The Kier molecular flexibility index (Phi) is 4.29. The molecule has 1 aliphatic carbocycles. The van der Waals surface area contributed by atoms with Gasteiger partial charge in [-0.1, -0.05) is 18.2 Å². The van der Waals surface area contributed by atoms with Crippen LogP contribution in [-0.4, -0.2) is 54.3 Å². The zero-order valence-corrected chi connectivity index (χ0v) is 15.0. The SMILES string of the molecule is CO[C@@H]1CC[C@@]2(OC)CCN(C(=O)Cc3c[nH]c4ccccc34)[C@H]2C1. The molecule has 1 aliphatic heterocycles. The van der Waals surface area contributed by atoms with Crippen molar-refractivity contribution in [3.63, 3.8) is 0 Å². The second kappa shape index (κ2) is 6.46. The fourth-order valence-corrected chi connectivity index (χ4v) is 4.72. The van der Waals surface area contributed by atoms with E-state index in [0.717, 1.165) is 48.7 Å². The molecule has 1 saturated carbocycles. The molecule has 4 rings (SSSR count). The average molecular weight is 342 g/mol. The van der Waals surface area contributed by atoms with Crippen LogP contribution < -0.4 is 0 Å². The Bertz CT molecular complexity index is 771. The van der Waals surface area contributed by atoms with Gasteiger partial charge in [-0.2, -0.15) is 0 Å². The number of carbonyl (C=O) groups excluding carboxylic acids is 1. The standard InChI is InChI=1S/C20H26N2O3/c1-24-15-7-8-20(25-2)9-10-22(18(20)12-15)19(23)11-14-13-21-17-6-4-3-5-16(14)17/h3-6,13,15,18,21H,7-12H2,1-2H3/t15-,18+,20-/m1/s1. The van der Waals surface area contributed by atoms with E-state index in [0.29, 0.717) is 6.42 Å². The maximum Gasteiger partial charge on any atom is 0.227 e. The van der Waals surface area contributed by atoms with Gasteiger partial charge in [-0.3, -0.25) is 4.79 Å². The summed E-state index contributed by atoms with van der Waals surface area (Å²) in [6.45, 7) is 0.774. The maximum absolute atomic E-state index is 13.1. The van der Waals surface area contributed by atoms with E-state index in [2.05, 4.69) is 11.1 Å². The summed E-state index contributed by atoms with van der Waals surface area (Å²) in [5.74, 6) is 0.186. The minimum Gasteiger partial charge on any atom is -0.381 e. The van der Waals surface area contributed by atoms with Crippen LogP contribution in [0.2, 0.25) is 0 Å². The van der Waals surface area contributed by atoms with E-state index >= 15 is 0 Å². The van der Waals surface area contributed by atoms with Gasteiger partial charge in [0.1, 0.15) is 0 Å². The van der Waals surface area contributed by atoms with Gasteiger partial charge in [-0.25, -0.2) is 0 Å². The van der Waals surface area contributed by atoms with Gasteiger partial charge in [0.15, 0.2) is 0 Å². The summed E-state index contributed by atoms with van der Waals surface area (Å²) < 4.78 is 11.5. The number of rotatable bonds is 4. The van der Waals surface area contributed by atoms with Crippen LogP contribution in [0.25, 0.3) is 10.9 Å². The molecule has 1 aromatic heterocycles. The monoisotopic (exact) mass is 342 g/mol. The number of aromatic nitrogens is 1. The van der Waals surface area contributed by atoms with E-state index in [-0.39, 0.29) is 23.7 Å². The molecule has 1 N–H and O–H groups in total. The topological polar surface area (TPSA) is 54.6 Å². The third kappa shape index (κ3) is 2.75. The molecule has 1 aromatic carbocycles. The summed E-state index contributed by atoms with van der Waals surface area (Å²) >= 11 is 0. The van der Waals surface area contributed by atoms with Gasteiger partial charge in [-0.15, -0.1) is 0 Å². The first kappa shape index (κ1) is 16.6. The lowest BCUT2D eigenvalue weighted by Crippen LogP contribution is -2.53. The predicted octanol–water partition coefficient (Wildman–Crippen LogP) is 2.90. The van der Waals surface area contributed by atoms with Crippen molar-refractivity contribution in [2.45, 2.75) is 49.9 Å². The maximum atomic E-state index is 13.1.